The van der Waals surface area contributed by atoms with Crippen LogP contribution < -0.4 is 10.2 Å². The quantitative estimate of drug-likeness (QED) is 0.924. The number of amides is 1. The van der Waals surface area contributed by atoms with E-state index in [2.05, 4.69) is 20.2 Å². The first-order valence-corrected chi connectivity index (χ1v) is 7.14. The predicted molar refractivity (Wildman–Crippen MR) is 77.5 cm³/mol. The summed E-state index contributed by atoms with van der Waals surface area (Å²) in [6, 6.07) is 3.67. The van der Waals surface area contributed by atoms with E-state index < -0.39 is 0 Å². The molecule has 0 spiro atoms. The van der Waals surface area contributed by atoms with Crippen molar-refractivity contribution in [2.45, 2.75) is 19.4 Å². The van der Waals surface area contributed by atoms with Crippen molar-refractivity contribution in [2.75, 3.05) is 18.0 Å². The maximum absolute atomic E-state index is 12.3. The molecule has 6 heteroatoms. The van der Waals surface area contributed by atoms with Crippen molar-refractivity contribution in [1.29, 1.82) is 0 Å². The summed E-state index contributed by atoms with van der Waals surface area (Å²) in [5, 5.41) is 2.93. The fourth-order valence-corrected chi connectivity index (χ4v) is 2.59. The lowest BCUT2D eigenvalue weighted by atomic mass is 9.97. The number of carbonyl (C=O) groups is 1. The van der Waals surface area contributed by atoms with Gasteiger partial charge in [0, 0.05) is 25.5 Å². The van der Waals surface area contributed by atoms with E-state index in [9.17, 15) is 4.79 Å². The van der Waals surface area contributed by atoms with Crippen LogP contribution in [0.4, 0.5) is 5.82 Å². The first-order chi connectivity index (χ1) is 10.3. The van der Waals surface area contributed by atoms with Gasteiger partial charge in [0.05, 0.1) is 24.9 Å². The highest BCUT2D eigenvalue weighted by Crippen LogP contribution is 2.21. The van der Waals surface area contributed by atoms with Gasteiger partial charge in [0.15, 0.2) is 0 Å². The third-order valence-corrected chi connectivity index (χ3v) is 3.68. The van der Waals surface area contributed by atoms with Crippen LogP contribution in [0, 0.1) is 5.92 Å². The Bertz CT molecular complexity index is 571. The zero-order valence-electron chi connectivity index (χ0n) is 11.7. The summed E-state index contributed by atoms with van der Waals surface area (Å²) in [7, 11) is 0. The Morgan fingerprint density at radius 3 is 3.19 bits per heavy atom. The number of hydrogen-bond acceptors (Lipinski definition) is 5. The molecule has 110 valence electrons. The SMILES string of the molecule is O=C(NCc1ccco1)C1CCCN(c2cnccn2)C1. The standard InChI is InChI=1S/C15H18N4O2/c20-15(18-9-13-4-2-8-21-13)12-3-1-7-19(11-12)14-10-16-5-6-17-14/h2,4-6,8,10,12H,1,3,7,9,11H2,(H,18,20). The van der Waals surface area contributed by atoms with E-state index in [1.807, 2.05) is 12.1 Å². The summed E-state index contributed by atoms with van der Waals surface area (Å²) in [5.74, 6) is 1.65. The van der Waals surface area contributed by atoms with E-state index in [0.29, 0.717) is 13.1 Å². The van der Waals surface area contributed by atoms with E-state index in [4.69, 9.17) is 4.42 Å². The Hall–Kier alpha value is -2.37. The summed E-state index contributed by atoms with van der Waals surface area (Å²) in [6.45, 7) is 2.04. The Balaban J connectivity index is 1.56. The van der Waals surface area contributed by atoms with Crippen molar-refractivity contribution in [3.8, 4) is 0 Å². The van der Waals surface area contributed by atoms with Crippen LogP contribution in [-0.2, 0) is 11.3 Å². The van der Waals surface area contributed by atoms with Gasteiger partial charge in [0.1, 0.15) is 11.6 Å². The number of rotatable bonds is 4. The molecular weight excluding hydrogens is 268 g/mol. The first kappa shape index (κ1) is 13.6. The molecule has 0 aliphatic carbocycles. The smallest absolute Gasteiger partial charge is 0.225 e. The Morgan fingerprint density at radius 2 is 2.43 bits per heavy atom. The highest BCUT2D eigenvalue weighted by molar-refractivity contribution is 5.79. The minimum Gasteiger partial charge on any atom is -0.467 e. The third kappa shape index (κ3) is 3.39. The zero-order valence-corrected chi connectivity index (χ0v) is 11.7. The van der Waals surface area contributed by atoms with Crippen LogP contribution >= 0.6 is 0 Å². The number of piperidine rings is 1. The van der Waals surface area contributed by atoms with Gasteiger partial charge < -0.3 is 14.6 Å². The number of aromatic nitrogens is 2. The summed E-state index contributed by atoms with van der Waals surface area (Å²) >= 11 is 0. The molecule has 1 aliphatic heterocycles. The van der Waals surface area contributed by atoms with Gasteiger partial charge in [-0.1, -0.05) is 0 Å². The molecule has 2 aromatic rings. The van der Waals surface area contributed by atoms with Crippen LogP contribution in [0.3, 0.4) is 0 Å². The molecule has 6 nitrogen and oxygen atoms in total. The lowest BCUT2D eigenvalue weighted by Gasteiger charge is -2.32. The van der Waals surface area contributed by atoms with Gasteiger partial charge in [-0.15, -0.1) is 0 Å². The lowest BCUT2D eigenvalue weighted by molar-refractivity contribution is -0.125. The van der Waals surface area contributed by atoms with Crippen molar-refractivity contribution >= 4 is 11.7 Å². The molecule has 1 amide bonds. The Morgan fingerprint density at radius 1 is 1.48 bits per heavy atom. The van der Waals surface area contributed by atoms with Crippen LogP contribution in [0.1, 0.15) is 18.6 Å². The molecule has 0 saturated carbocycles. The van der Waals surface area contributed by atoms with Crippen LogP contribution in [0.15, 0.2) is 41.4 Å². The molecule has 1 aliphatic rings. The number of carbonyl (C=O) groups excluding carboxylic acids is 1. The number of hydrogen-bond donors (Lipinski definition) is 1. The molecule has 2 aromatic heterocycles. The Kier molecular flexibility index (Phi) is 4.14. The summed E-state index contributed by atoms with van der Waals surface area (Å²) in [5.41, 5.74) is 0. The second-order valence-electron chi connectivity index (χ2n) is 5.15. The molecule has 0 aromatic carbocycles. The molecule has 3 heterocycles. The van der Waals surface area contributed by atoms with Crippen LogP contribution in [0.25, 0.3) is 0 Å². The minimum atomic E-state index is -0.0179. The minimum absolute atomic E-state index is 0.0179. The molecule has 0 radical (unpaired) electrons. The highest BCUT2D eigenvalue weighted by atomic mass is 16.3. The predicted octanol–water partition coefficient (Wildman–Crippen LogP) is 1.60. The second kappa shape index (κ2) is 6.39. The number of nitrogens with zero attached hydrogens (tertiary/aromatic N) is 3. The van der Waals surface area contributed by atoms with Crippen molar-refractivity contribution in [1.82, 2.24) is 15.3 Å². The van der Waals surface area contributed by atoms with Crippen molar-refractivity contribution < 1.29 is 9.21 Å². The van der Waals surface area contributed by atoms with Crippen molar-refractivity contribution in [2.24, 2.45) is 5.92 Å². The molecule has 1 unspecified atom stereocenters. The summed E-state index contributed by atoms with van der Waals surface area (Å²) in [6.07, 6.45) is 8.56. The van der Waals surface area contributed by atoms with Crippen molar-refractivity contribution in [3.63, 3.8) is 0 Å². The monoisotopic (exact) mass is 286 g/mol. The molecule has 21 heavy (non-hydrogen) atoms. The molecule has 1 atom stereocenters. The molecule has 3 rings (SSSR count). The number of anilines is 1. The number of furan rings is 1. The van der Waals surface area contributed by atoms with Crippen LogP contribution in [-0.4, -0.2) is 29.0 Å². The molecule has 0 bridgehead atoms. The van der Waals surface area contributed by atoms with Gasteiger partial charge in [0.25, 0.3) is 0 Å². The lowest BCUT2D eigenvalue weighted by Crippen LogP contribution is -2.43. The maximum Gasteiger partial charge on any atom is 0.225 e. The first-order valence-electron chi connectivity index (χ1n) is 7.14. The van der Waals surface area contributed by atoms with Gasteiger partial charge in [0.2, 0.25) is 5.91 Å². The average molecular weight is 286 g/mol. The number of nitrogens with one attached hydrogen (secondary N) is 1. The van der Waals surface area contributed by atoms with E-state index in [1.54, 1.807) is 24.9 Å². The summed E-state index contributed by atoms with van der Waals surface area (Å²) in [4.78, 5) is 22.8. The van der Waals surface area contributed by atoms with Crippen LogP contribution in [0.2, 0.25) is 0 Å². The van der Waals surface area contributed by atoms with Gasteiger partial charge >= 0.3 is 0 Å². The Labute approximate surface area is 123 Å². The third-order valence-electron chi connectivity index (χ3n) is 3.68. The van der Waals surface area contributed by atoms with Gasteiger partial charge in [-0.25, -0.2) is 4.98 Å². The molecular formula is C15H18N4O2. The van der Waals surface area contributed by atoms with E-state index in [-0.39, 0.29) is 11.8 Å². The largest absolute Gasteiger partial charge is 0.467 e. The van der Waals surface area contributed by atoms with Crippen molar-refractivity contribution in [3.05, 3.63) is 42.7 Å². The highest BCUT2D eigenvalue weighted by Gasteiger charge is 2.26. The van der Waals surface area contributed by atoms with E-state index in [1.165, 1.54) is 0 Å². The zero-order chi connectivity index (χ0) is 14.5. The topological polar surface area (TPSA) is 71.3 Å². The molecule has 1 N–H and O–H groups in total. The fourth-order valence-electron chi connectivity index (χ4n) is 2.59. The van der Waals surface area contributed by atoms with Crippen LogP contribution in [0.5, 0.6) is 0 Å². The maximum atomic E-state index is 12.3. The second-order valence-corrected chi connectivity index (χ2v) is 5.15. The summed E-state index contributed by atoms with van der Waals surface area (Å²) < 4.78 is 5.22. The van der Waals surface area contributed by atoms with Gasteiger partial charge in [-0.05, 0) is 25.0 Å². The van der Waals surface area contributed by atoms with Gasteiger partial charge in [-0.2, -0.15) is 0 Å². The normalized spacial score (nSPS) is 18.5. The fraction of sp³-hybridized carbons (Fsp3) is 0.400. The molecule has 1 fully saturated rings. The average Bonchev–Trinajstić information content (AvgIpc) is 3.07. The van der Waals surface area contributed by atoms with E-state index in [0.717, 1.165) is 31.0 Å². The van der Waals surface area contributed by atoms with Gasteiger partial charge in [-0.3, -0.25) is 9.78 Å². The molecule has 1 saturated heterocycles. The van der Waals surface area contributed by atoms with E-state index >= 15 is 0 Å².